The molecule has 0 amide bonds. The van der Waals surface area contributed by atoms with Gasteiger partial charge in [-0.3, -0.25) is 0 Å². The van der Waals surface area contributed by atoms with Crippen LogP contribution in [0, 0.1) is 0 Å². The number of hydrogen-bond acceptors (Lipinski definition) is 4. The summed E-state index contributed by atoms with van der Waals surface area (Å²) in [6, 6.07) is 0. The molecule has 0 atom stereocenters. The van der Waals surface area contributed by atoms with Gasteiger partial charge in [-0.05, 0) is 0 Å². The Morgan fingerprint density at radius 1 is 0.909 bits per heavy atom. The fourth-order valence-corrected chi connectivity index (χ4v) is 0.803. The zero-order valence-corrected chi connectivity index (χ0v) is 6.89. The Morgan fingerprint density at radius 3 is 1.91 bits per heavy atom. The molecule has 5 nitrogen and oxygen atoms in total. The third-order valence-corrected chi connectivity index (χ3v) is 1.36. The first kappa shape index (κ1) is 7.71. The van der Waals surface area contributed by atoms with Crippen molar-refractivity contribution < 1.29 is 0 Å². The summed E-state index contributed by atoms with van der Waals surface area (Å²) < 4.78 is 0. The summed E-state index contributed by atoms with van der Waals surface area (Å²) in [5.41, 5.74) is 0. The van der Waals surface area contributed by atoms with Crippen LogP contribution in [-0.2, 0) is 0 Å². The summed E-state index contributed by atoms with van der Waals surface area (Å²) in [7, 11) is 5.41. The van der Waals surface area contributed by atoms with Crippen LogP contribution in [0.1, 0.15) is 0 Å². The first-order valence-corrected chi connectivity index (χ1v) is 3.39. The molecule has 5 heteroatoms. The number of hydrogen-bond donors (Lipinski definition) is 3. The maximum atomic E-state index is 4.12. The molecule has 0 spiro atoms. The zero-order valence-electron chi connectivity index (χ0n) is 6.89. The largest absolute Gasteiger partial charge is 0.370 e. The molecule has 1 rings (SSSR count). The molecule has 0 saturated carbocycles. The summed E-state index contributed by atoms with van der Waals surface area (Å²) >= 11 is 0. The summed E-state index contributed by atoms with van der Waals surface area (Å²) in [5.74, 6) is 2.15. The van der Waals surface area contributed by atoms with Crippen molar-refractivity contribution in [3.63, 3.8) is 0 Å². The normalized spacial score (nSPS) is 15.7. The van der Waals surface area contributed by atoms with Crippen LogP contribution in [0.2, 0.25) is 0 Å². The van der Waals surface area contributed by atoms with Crippen molar-refractivity contribution in [2.24, 2.45) is 4.99 Å². The molecular weight excluding hydrogens is 142 g/mol. The van der Waals surface area contributed by atoms with Crippen LogP contribution in [0.25, 0.3) is 0 Å². The highest BCUT2D eigenvalue weighted by Gasteiger charge is 2.15. The highest BCUT2D eigenvalue weighted by atomic mass is 15.3. The van der Waals surface area contributed by atoms with Gasteiger partial charge in [-0.2, -0.15) is 10.3 Å². The van der Waals surface area contributed by atoms with E-state index in [1.54, 1.807) is 7.05 Å². The second kappa shape index (κ2) is 3.14. The third-order valence-electron chi connectivity index (χ3n) is 1.36. The van der Waals surface area contributed by atoms with Crippen molar-refractivity contribution in [3.8, 4) is 0 Å². The predicted molar refractivity (Wildman–Crippen MR) is 43.8 cm³/mol. The lowest BCUT2D eigenvalue weighted by molar-refractivity contribution is 0.833. The van der Waals surface area contributed by atoms with Gasteiger partial charge in [0.1, 0.15) is 0 Å². The van der Waals surface area contributed by atoms with Crippen LogP contribution >= 0.6 is 0 Å². The van der Waals surface area contributed by atoms with E-state index in [4.69, 9.17) is 0 Å². The smallest absolute Gasteiger partial charge is 0.226 e. The van der Waals surface area contributed by atoms with Gasteiger partial charge in [0.25, 0.3) is 0 Å². The maximum Gasteiger partial charge on any atom is 0.226 e. The Morgan fingerprint density at radius 2 is 1.55 bits per heavy atom. The van der Waals surface area contributed by atoms with Crippen molar-refractivity contribution in [1.82, 2.24) is 21.3 Å². The monoisotopic (exact) mass is 154 g/mol. The summed E-state index contributed by atoms with van der Waals surface area (Å²) in [4.78, 5) is 4.12. The van der Waals surface area contributed by atoms with Crippen molar-refractivity contribution >= 4 is 5.96 Å². The minimum atomic E-state index is 0.624. The van der Waals surface area contributed by atoms with Crippen molar-refractivity contribution in [2.45, 2.75) is 0 Å². The van der Waals surface area contributed by atoms with Crippen LogP contribution in [0.3, 0.4) is 0 Å². The van der Waals surface area contributed by atoms with Gasteiger partial charge in [0.2, 0.25) is 5.96 Å². The van der Waals surface area contributed by atoms with Gasteiger partial charge in [-0.15, -0.1) is 0 Å². The number of rotatable bonds is 2. The predicted octanol–water partition coefficient (Wildman–Crippen LogP) is -1.25. The fraction of sp³-hybridized carbons (Fsp3) is 0.500. The lowest BCUT2D eigenvalue weighted by atomic mass is 10.6. The van der Waals surface area contributed by atoms with Crippen LogP contribution in [-0.4, -0.2) is 27.1 Å². The highest BCUT2D eigenvalue weighted by molar-refractivity contribution is 5.84. The first-order chi connectivity index (χ1) is 5.31. The Hall–Kier alpha value is -1.39. The third kappa shape index (κ3) is 1.36. The van der Waals surface area contributed by atoms with E-state index in [9.17, 15) is 0 Å². The SMILES string of the molecule is CNC1=NC(NC)=C(NC)[N]1. The van der Waals surface area contributed by atoms with E-state index < -0.39 is 0 Å². The van der Waals surface area contributed by atoms with Crippen molar-refractivity contribution in [2.75, 3.05) is 21.1 Å². The molecule has 1 aliphatic rings. The van der Waals surface area contributed by atoms with E-state index in [0.29, 0.717) is 5.96 Å². The quantitative estimate of drug-likeness (QED) is 0.465. The molecule has 1 radical (unpaired) electrons. The van der Waals surface area contributed by atoms with E-state index in [0.717, 1.165) is 11.6 Å². The second-order valence-corrected chi connectivity index (χ2v) is 1.99. The fourth-order valence-electron chi connectivity index (χ4n) is 0.803. The van der Waals surface area contributed by atoms with Crippen LogP contribution < -0.4 is 21.3 Å². The molecule has 11 heavy (non-hydrogen) atoms. The molecular formula is C6H12N5. The Bertz CT molecular complexity index is 205. The van der Waals surface area contributed by atoms with E-state index >= 15 is 0 Å². The molecule has 0 aromatic rings. The standard InChI is InChI=1S/C6H12N5/c1-7-4-5(8-2)11-6(9-3)10-4/h7-8H,1-3H3,(H,9,10). The average Bonchev–Trinajstić information content (AvgIpc) is 2.46. The topological polar surface area (TPSA) is 62.6 Å². The van der Waals surface area contributed by atoms with Gasteiger partial charge in [0.15, 0.2) is 11.6 Å². The van der Waals surface area contributed by atoms with E-state index in [1.165, 1.54) is 0 Å². The van der Waals surface area contributed by atoms with Gasteiger partial charge in [0.05, 0.1) is 0 Å². The highest BCUT2D eigenvalue weighted by Crippen LogP contribution is 2.03. The molecule has 0 aromatic heterocycles. The summed E-state index contributed by atoms with van der Waals surface area (Å²) in [6.07, 6.45) is 0. The van der Waals surface area contributed by atoms with Gasteiger partial charge in [-0.25, -0.2) is 0 Å². The molecule has 0 aromatic carbocycles. The molecule has 0 aliphatic carbocycles. The molecule has 0 fully saturated rings. The van der Waals surface area contributed by atoms with Crippen LogP contribution in [0.4, 0.5) is 0 Å². The molecule has 0 saturated heterocycles. The van der Waals surface area contributed by atoms with Gasteiger partial charge >= 0.3 is 0 Å². The van der Waals surface area contributed by atoms with Gasteiger partial charge in [-0.1, -0.05) is 0 Å². The van der Waals surface area contributed by atoms with E-state index in [2.05, 4.69) is 26.3 Å². The number of nitrogens with one attached hydrogen (secondary N) is 3. The number of aliphatic imine (C=N–C) groups is 1. The van der Waals surface area contributed by atoms with E-state index in [1.807, 2.05) is 14.1 Å². The molecule has 0 bridgehead atoms. The number of guanidine groups is 1. The molecule has 1 heterocycles. The average molecular weight is 154 g/mol. The summed E-state index contributed by atoms with van der Waals surface area (Å²) in [5, 5.41) is 12.8. The Labute approximate surface area is 66.0 Å². The zero-order chi connectivity index (χ0) is 8.27. The first-order valence-electron chi connectivity index (χ1n) is 3.39. The minimum Gasteiger partial charge on any atom is -0.370 e. The van der Waals surface area contributed by atoms with Gasteiger partial charge < -0.3 is 16.0 Å². The Balaban J connectivity index is 2.69. The molecule has 1 aliphatic heterocycles. The maximum absolute atomic E-state index is 4.12. The number of nitrogens with zero attached hydrogens (tertiary/aromatic N) is 2. The molecule has 3 N–H and O–H groups in total. The van der Waals surface area contributed by atoms with Crippen molar-refractivity contribution in [3.05, 3.63) is 11.6 Å². The van der Waals surface area contributed by atoms with Crippen molar-refractivity contribution in [1.29, 1.82) is 0 Å². The van der Waals surface area contributed by atoms with Crippen LogP contribution in [0.15, 0.2) is 16.6 Å². The summed E-state index contributed by atoms with van der Waals surface area (Å²) in [6.45, 7) is 0. The van der Waals surface area contributed by atoms with Gasteiger partial charge in [0, 0.05) is 21.1 Å². The minimum absolute atomic E-state index is 0.624. The second-order valence-electron chi connectivity index (χ2n) is 1.99. The van der Waals surface area contributed by atoms with Crippen LogP contribution in [0.5, 0.6) is 0 Å². The van der Waals surface area contributed by atoms with E-state index in [-0.39, 0.29) is 0 Å². The lowest BCUT2D eigenvalue weighted by Crippen LogP contribution is -2.28. The molecule has 0 unspecified atom stereocenters. The molecule has 61 valence electrons. The Kier molecular flexibility index (Phi) is 2.20. The lowest BCUT2D eigenvalue weighted by Gasteiger charge is -2.01.